The molecule has 2 rings (SSSR count). The Labute approximate surface area is 103 Å². The number of rotatable bonds is 4. The van der Waals surface area contributed by atoms with Crippen molar-refractivity contribution in [2.45, 2.75) is 44.6 Å². The number of amides is 1. The van der Waals surface area contributed by atoms with Gasteiger partial charge in [-0.05, 0) is 38.0 Å². The molecule has 1 saturated heterocycles. The number of nitrogens with one attached hydrogen (secondary N) is 1. The number of hydrogen-bond acceptors (Lipinski definition) is 3. The van der Waals surface area contributed by atoms with Gasteiger partial charge in [0.1, 0.15) is 0 Å². The molecule has 1 heterocycles. The van der Waals surface area contributed by atoms with E-state index >= 15 is 0 Å². The molecule has 0 radical (unpaired) electrons. The standard InChI is InChI=1S/C13H24N2O2/c16-10-11-5-4-6-12(11)14-9-13(17)15-7-2-1-3-8-15/h11-12,14,16H,1-10H2. The monoisotopic (exact) mass is 240 g/mol. The molecule has 1 saturated carbocycles. The molecule has 0 aromatic heterocycles. The summed E-state index contributed by atoms with van der Waals surface area (Å²) in [4.78, 5) is 13.9. The molecule has 98 valence electrons. The van der Waals surface area contributed by atoms with Crippen LogP contribution in [-0.2, 0) is 4.79 Å². The summed E-state index contributed by atoms with van der Waals surface area (Å²) >= 11 is 0. The van der Waals surface area contributed by atoms with Gasteiger partial charge in [-0.1, -0.05) is 6.42 Å². The van der Waals surface area contributed by atoms with Crippen molar-refractivity contribution in [3.05, 3.63) is 0 Å². The Hall–Kier alpha value is -0.610. The van der Waals surface area contributed by atoms with Crippen molar-refractivity contribution in [1.82, 2.24) is 10.2 Å². The molecule has 2 aliphatic rings. The molecule has 2 N–H and O–H groups in total. The lowest BCUT2D eigenvalue weighted by Crippen LogP contribution is -2.45. The first-order valence-electron chi connectivity index (χ1n) is 6.93. The summed E-state index contributed by atoms with van der Waals surface area (Å²) in [5.41, 5.74) is 0. The van der Waals surface area contributed by atoms with Crippen LogP contribution in [-0.4, -0.2) is 48.2 Å². The zero-order chi connectivity index (χ0) is 12.1. The van der Waals surface area contributed by atoms with Gasteiger partial charge in [0.2, 0.25) is 5.91 Å². The maximum atomic E-state index is 12.0. The van der Waals surface area contributed by atoms with Gasteiger partial charge in [0, 0.05) is 25.7 Å². The topological polar surface area (TPSA) is 52.6 Å². The molecule has 1 amide bonds. The Morgan fingerprint density at radius 3 is 2.65 bits per heavy atom. The quantitative estimate of drug-likeness (QED) is 0.762. The molecule has 2 atom stereocenters. The Bertz CT molecular complexity index is 252. The number of nitrogens with zero attached hydrogens (tertiary/aromatic N) is 1. The third-order valence-electron chi connectivity index (χ3n) is 4.12. The van der Waals surface area contributed by atoms with Crippen molar-refractivity contribution in [1.29, 1.82) is 0 Å². The Morgan fingerprint density at radius 1 is 1.18 bits per heavy atom. The van der Waals surface area contributed by atoms with E-state index in [-0.39, 0.29) is 12.5 Å². The maximum Gasteiger partial charge on any atom is 0.236 e. The minimum Gasteiger partial charge on any atom is -0.396 e. The van der Waals surface area contributed by atoms with Gasteiger partial charge in [0.05, 0.1) is 6.54 Å². The molecule has 2 fully saturated rings. The summed E-state index contributed by atoms with van der Waals surface area (Å²) < 4.78 is 0. The smallest absolute Gasteiger partial charge is 0.236 e. The summed E-state index contributed by atoms with van der Waals surface area (Å²) in [5, 5.41) is 12.5. The summed E-state index contributed by atoms with van der Waals surface area (Å²) in [6.07, 6.45) is 6.90. The van der Waals surface area contributed by atoms with Gasteiger partial charge in [-0.25, -0.2) is 0 Å². The summed E-state index contributed by atoms with van der Waals surface area (Å²) in [5.74, 6) is 0.581. The van der Waals surface area contributed by atoms with E-state index in [9.17, 15) is 9.90 Å². The largest absolute Gasteiger partial charge is 0.396 e. The van der Waals surface area contributed by atoms with E-state index in [1.807, 2.05) is 4.90 Å². The van der Waals surface area contributed by atoms with E-state index in [0.29, 0.717) is 18.5 Å². The van der Waals surface area contributed by atoms with Gasteiger partial charge in [-0.3, -0.25) is 4.79 Å². The van der Waals surface area contributed by atoms with Crippen LogP contribution in [0, 0.1) is 5.92 Å². The predicted octanol–water partition coefficient (Wildman–Crippen LogP) is 0.749. The third kappa shape index (κ3) is 3.42. The number of carbonyl (C=O) groups is 1. The van der Waals surface area contributed by atoms with Gasteiger partial charge in [0.25, 0.3) is 0 Å². The van der Waals surface area contributed by atoms with E-state index in [1.54, 1.807) is 0 Å². The van der Waals surface area contributed by atoms with Gasteiger partial charge < -0.3 is 15.3 Å². The van der Waals surface area contributed by atoms with Crippen molar-refractivity contribution in [3.63, 3.8) is 0 Å². The number of hydrogen-bond donors (Lipinski definition) is 2. The molecule has 1 aliphatic heterocycles. The van der Waals surface area contributed by atoms with Crippen molar-refractivity contribution < 1.29 is 9.90 Å². The second kappa shape index (κ2) is 6.36. The third-order valence-corrected chi connectivity index (χ3v) is 4.12. The van der Waals surface area contributed by atoms with Gasteiger partial charge in [-0.15, -0.1) is 0 Å². The minimum atomic E-state index is 0.230. The number of piperidine rings is 1. The van der Waals surface area contributed by atoms with E-state index < -0.39 is 0 Å². The van der Waals surface area contributed by atoms with Gasteiger partial charge in [-0.2, -0.15) is 0 Å². The van der Waals surface area contributed by atoms with Crippen molar-refractivity contribution >= 4 is 5.91 Å². The first kappa shape index (κ1) is 12.8. The molecule has 1 aliphatic carbocycles. The predicted molar refractivity (Wildman–Crippen MR) is 66.6 cm³/mol. The fourth-order valence-electron chi connectivity index (χ4n) is 3.00. The van der Waals surface area contributed by atoms with E-state index in [1.165, 1.54) is 12.8 Å². The fourth-order valence-corrected chi connectivity index (χ4v) is 3.00. The molecule has 0 spiro atoms. The van der Waals surface area contributed by atoms with E-state index in [2.05, 4.69) is 5.32 Å². The van der Waals surface area contributed by atoms with Crippen molar-refractivity contribution in [3.8, 4) is 0 Å². The zero-order valence-corrected chi connectivity index (χ0v) is 10.5. The highest BCUT2D eigenvalue weighted by atomic mass is 16.3. The Kier molecular flexibility index (Phi) is 4.80. The number of aliphatic hydroxyl groups is 1. The van der Waals surface area contributed by atoms with Crippen LogP contribution in [0.4, 0.5) is 0 Å². The van der Waals surface area contributed by atoms with Crippen LogP contribution in [0.5, 0.6) is 0 Å². The first-order chi connectivity index (χ1) is 8.31. The number of carbonyl (C=O) groups excluding carboxylic acids is 1. The average Bonchev–Trinajstić information content (AvgIpc) is 2.84. The molecular weight excluding hydrogens is 216 g/mol. The highest BCUT2D eigenvalue weighted by Crippen LogP contribution is 2.24. The number of aliphatic hydroxyl groups excluding tert-OH is 1. The Balaban J connectivity index is 1.71. The SMILES string of the molecule is O=C(CNC1CCCC1CO)N1CCCCC1. The van der Waals surface area contributed by atoms with Crippen molar-refractivity contribution in [2.24, 2.45) is 5.92 Å². The molecule has 2 unspecified atom stereocenters. The normalized spacial score (nSPS) is 29.6. The van der Waals surface area contributed by atoms with Crippen LogP contribution in [0.25, 0.3) is 0 Å². The summed E-state index contributed by atoms with van der Waals surface area (Å²) in [7, 11) is 0. The van der Waals surface area contributed by atoms with Crippen LogP contribution in [0.2, 0.25) is 0 Å². The highest BCUT2D eigenvalue weighted by Gasteiger charge is 2.27. The molecule has 4 heteroatoms. The molecule has 0 aromatic rings. The Morgan fingerprint density at radius 2 is 1.94 bits per heavy atom. The second-order valence-corrected chi connectivity index (χ2v) is 5.30. The van der Waals surface area contributed by atoms with E-state index in [0.717, 1.165) is 38.8 Å². The lowest BCUT2D eigenvalue weighted by atomic mass is 10.1. The second-order valence-electron chi connectivity index (χ2n) is 5.30. The first-order valence-corrected chi connectivity index (χ1v) is 6.93. The molecule has 0 bridgehead atoms. The summed E-state index contributed by atoms with van der Waals surface area (Å²) in [6, 6.07) is 0.341. The lowest BCUT2D eigenvalue weighted by Gasteiger charge is -2.28. The average molecular weight is 240 g/mol. The van der Waals surface area contributed by atoms with Crippen LogP contribution in [0.1, 0.15) is 38.5 Å². The lowest BCUT2D eigenvalue weighted by molar-refractivity contribution is -0.131. The van der Waals surface area contributed by atoms with Gasteiger partial charge in [0.15, 0.2) is 0 Å². The zero-order valence-electron chi connectivity index (χ0n) is 10.5. The molecule has 4 nitrogen and oxygen atoms in total. The molecule has 17 heavy (non-hydrogen) atoms. The minimum absolute atomic E-state index is 0.230. The maximum absolute atomic E-state index is 12.0. The van der Waals surface area contributed by atoms with Crippen molar-refractivity contribution in [2.75, 3.05) is 26.2 Å². The number of likely N-dealkylation sites (tertiary alicyclic amines) is 1. The van der Waals surface area contributed by atoms with Crippen LogP contribution >= 0.6 is 0 Å². The van der Waals surface area contributed by atoms with Crippen LogP contribution < -0.4 is 5.32 Å². The van der Waals surface area contributed by atoms with Gasteiger partial charge >= 0.3 is 0 Å². The fraction of sp³-hybridized carbons (Fsp3) is 0.923. The molecule has 0 aromatic carbocycles. The van der Waals surface area contributed by atoms with Crippen LogP contribution in [0.15, 0.2) is 0 Å². The summed E-state index contributed by atoms with van der Waals surface area (Å²) in [6.45, 7) is 2.54. The molecular formula is C13H24N2O2. The highest BCUT2D eigenvalue weighted by molar-refractivity contribution is 5.78. The van der Waals surface area contributed by atoms with Crippen LogP contribution in [0.3, 0.4) is 0 Å². The van der Waals surface area contributed by atoms with E-state index in [4.69, 9.17) is 0 Å².